The van der Waals surface area contributed by atoms with Crippen LogP contribution < -0.4 is 0 Å². The molecule has 39 heavy (non-hydrogen) atoms. The zero-order valence-corrected chi connectivity index (χ0v) is 23.9. The first-order valence-corrected chi connectivity index (χ1v) is 12.4. The summed E-state index contributed by atoms with van der Waals surface area (Å²) in [6, 6.07) is 13.1. The third kappa shape index (κ3) is 10.7. The van der Waals surface area contributed by atoms with Crippen molar-refractivity contribution in [2.45, 2.75) is 65.8 Å². The van der Waals surface area contributed by atoms with Gasteiger partial charge in [0.2, 0.25) is 0 Å². The molecular formula is C29H38N2O8. The van der Waals surface area contributed by atoms with E-state index in [1.54, 1.807) is 97.1 Å². The summed E-state index contributed by atoms with van der Waals surface area (Å²) in [6.07, 6.45) is -1.11. The fourth-order valence-corrected chi connectivity index (χ4v) is 3.22. The minimum Gasteiger partial charge on any atom is -0.465 e. The maximum absolute atomic E-state index is 12.8. The predicted molar refractivity (Wildman–Crippen MR) is 144 cm³/mol. The summed E-state index contributed by atoms with van der Waals surface area (Å²) in [6.45, 7) is 10.6. The Bertz CT molecular complexity index is 1150. The van der Waals surface area contributed by atoms with Crippen LogP contribution in [0.1, 0.15) is 73.4 Å². The first-order valence-electron chi connectivity index (χ1n) is 12.4. The van der Waals surface area contributed by atoms with Crippen LogP contribution in [0.5, 0.6) is 0 Å². The Hall–Kier alpha value is -4.08. The number of amides is 2. The molecule has 0 radical (unpaired) electrons. The molecule has 0 N–H and O–H groups in total. The molecule has 2 aromatic rings. The Balaban J connectivity index is 2.05. The average molecular weight is 543 g/mol. The first-order chi connectivity index (χ1) is 18.1. The van der Waals surface area contributed by atoms with Crippen LogP contribution in [0.15, 0.2) is 48.5 Å². The van der Waals surface area contributed by atoms with Gasteiger partial charge in [0.15, 0.2) is 6.73 Å². The van der Waals surface area contributed by atoms with Gasteiger partial charge >= 0.3 is 24.1 Å². The predicted octanol–water partition coefficient (Wildman–Crippen LogP) is 5.39. The standard InChI is InChI=1S/C29H38N2O8/c1-28(2,3)38-26(34)30(7)17-20-9-15-23(16-10-20)25(33)37-19-31(27(35)39-29(4,5)6)18-21-11-13-22(14-12-21)24(32)36-8/h9-16H,17-19H2,1-8H3. The monoisotopic (exact) mass is 542 g/mol. The molecule has 0 unspecified atom stereocenters. The third-order valence-corrected chi connectivity index (χ3v) is 5.07. The molecule has 0 atom stereocenters. The van der Waals surface area contributed by atoms with Crippen LogP contribution in [-0.2, 0) is 32.0 Å². The normalized spacial score (nSPS) is 11.3. The molecule has 0 aliphatic carbocycles. The molecule has 0 aliphatic rings. The maximum Gasteiger partial charge on any atom is 0.413 e. The highest BCUT2D eigenvalue weighted by atomic mass is 16.6. The molecule has 0 spiro atoms. The van der Waals surface area contributed by atoms with Crippen molar-refractivity contribution in [2.24, 2.45) is 0 Å². The van der Waals surface area contributed by atoms with Crippen LogP contribution in [0.4, 0.5) is 9.59 Å². The van der Waals surface area contributed by atoms with Gasteiger partial charge in [-0.2, -0.15) is 0 Å². The number of hydrogen-bond acceptors (Lipinski definition) is 8. The quantitative estimate of drug-likeness (QED) is 0.248. The number of hydrogen-bond donors (Lipinski definition) is 0. The van der Waals surface area contributed by atoms with Crippen LogP contribution >= 0.6 is 0 Å². The number of carbonyl (C=O) groups excluding carboxylic acids is 4. The molecule has 10 heteroatoms. The van der Waals surface area contributed by atoms with Gasteiger partial charge in [-0.05, 0) is 76.9 Å². The first kappa shape index (κ1) is 31.1. The van der Waals surface area contributed by atoms with Gasteiger partial charge in [-0.3, -0.25) is 4.90 Å². The smallest absolute Gasteiger partial charge is 0.413 e. The van der Waals surface area contributed by atoms with E-state index in [1.165, 1.54) is 16.9 Å². The second-order valence-electron chi connectivity index (χ2n) is 11.0. The van der Waals surface area contributed by atoms with Crippen molar-refractivity contribution < 1.29 is 38.1 Å². The molecule has 2 aromatic carbocycles. The minimum absolute atomic E-state index is 0.0829. The molecule has 212 valence electrons. The van der Waals surface area contributed by atoms with Gasteiger partial charge in [-0.15, -0.1) is 0 Å². The lowest BCUT2D eigenvalue weighted by atomic mass is 10.1. The lowest BCUT2D eigenvalue weighted by Gasteiger charge is -2.27. The zero-order chi connectivity index (χ0) is 29.4. The Morgan fingerprint density at radius 1 is 0.667 bits per heavy atom. The summed E-state index contributed by atoms with van der Waals surface area (Å²) in [7, 11) is 2.93. The number of benzene rings is 2. The molecule has 0 fully saturated rings. The topological polar surface area (TPSA) is 112 Å². The van der Waals surface area contributed by atoms with E-state index in [2.05, 4.69) is 0 Å². The van der Waals surface area contributed by atoms with Crippen molar-refractivity contribution in [1.29, 1.82) is 0 Å². The SMILES string of the molecule is COC(=O)c1ccc(CN(COC(=O)c2ccc(CN(C)C(=O)OC(C)(C)C)cc2)C(=O)OC(C)(C)C)cc1. The maximum atomic E-state index is 12.8. The van der Waals surface area contributed by atoms with Crippen LogP contribution in [0.3, 0.4) is 0 Å². The number of ether oxygens (including phenoxy) is 4. The summed E-state index contributed by atoms with van der Waals surface area (Å²) in [5.74, 6) is -1.10. The third-order valence-electron chi connectivity index (χ3n) is 5.07. The van der Waals surface area contributed by atoms with Gasteiger partial charge in [0.1, 0.15) is 11.2 Å². The second kappa shape index (κ2) is 13.1. The van der Waals surface area contributed by atoms with Gasteiger partial charge in [-0.1, -0.05) is 24.3 Å². The Kier molecular flexibility index (Phi) is 10.5. The fraction of sp³-hybridized carbons (Fsp3) is 0.448. The highest BCUT2D eigenvalue weighted by Crippen LogP contribution is 2.16. The van der Waals surface area contributed by atoms with Crippen LogP contribution in [-0.4, -0.2) is 66.0 Å². The summed E-state index contributed by atoms with van der Waals surface area (Å²) in [5, 5.41) is 0. The Morgan fingerprint density at radius 2 is 1.10 bits per heavy atom. The van der Waals surface area contributed by atoms with E-state index >= 15 is 0 Å². The molecule has 0 saturated heterocycles. The lowest BCUT2D eigenvalue weighted by Crippen LogP contribution is -2.38. The van der Waals surface area contributed by atoms with Crippen LogP contribution in [0, 0.1) is 0 Å². The van der Waals surface area contributed by atoms with Gasteiger partial charge in [0.05, 0.1) is 24.8 Å². The number of nitrogens with zero attached hydrogens (tertiary/aromatic N) is 2. The molecule has 0 aromatic heterocycles. The van der Waals surface area contributed by atoms with Crippen molar-refractivity contribution >= 4 is 24.1 Å². The molecule has 2 rings (SSSR count). The van der Waals surface area contributed by atoms with Crippen LogP contribution in [0.2, 0.25) is 0 Å². The number of methoxy groups -OCH3 is 1. The molecule has 10 nitrogen and oxygen atoms in total. The van der Waals surface area contributed by atoms with E-state index in [4.69, 9.17) is 18.9 Å². The fourth-order valence-electron chi connectivity index (χ4n) is 3.22. The molecule has 0 heterocycles. The van der Waals surface area contributed by atoms with Crippen LogP contribution in [0.25, 0.3) is 0 Å². The van der Waals surface area contributed by atoms with E-state index in [9.17, 15) is 19.2 Å². The number of esters is 2. The average Bonchev–Trinajstić information content (AvgIpc) is 2.84. The highest BCUT2D eigenvalue weighted by Gasteiger charge is 2.24. The van der Waals surface area contributed by atoms with Crippen molar-refractivity contribution in [3.63, 3.8) is 0 Å². The highest BCUT2D eigenvalue weighted by molar-refractivity contribution is 5.90. The van der Waals surface area contributed by atoms with E-state index < -0.39 is 35.3 Å². The molecule has 0 bridgehead atoms. The molecule has 0 saturated carbocycles. The largest absolute Gasteiger partial charge is 0.465 e. The lowest BCUT2D eigenvalue weighted by molar-refractivity contribution is -0.00902. The van der Waals surface area contributed by atoms with E-state index in [0.717, 1.165) is 5.56 Å². The second-order valence-corrected chi connectivity index (χ2v) is 11.0. The van der Waals surface area contributed by atoms with Gasteiger partial charge in [0, 0.05) is 13.6 Å². The Labute approximate surface area is 229 Å². The Morgan fingerprint density at radius 3 is 1.56 bits per heavy atom. The molecular weight excluding hydrogens is 504 g/mol. The number of rotatable bonds is 8. The van der Waals surface area contributed by atoms with E-state index in [1.807, 2.05) is 0 Å². The van der Waals surface area contributed by atoms with E-state index in [0.29, 0.717) is 17.7 Å². The van der Waals surface area contributed by atoms with E-state index in [-0.39, 0.29) is 18.8 Å². The summed E-state index contributed by atoms with van der Waals surface area (Å²) in [5.41, 5.74) is 0.797. The van der Waals surface area contributed by atoms with Crippen molar-refractivity contribution in [3.05, 3.63) is 70.8 Å². The van der Waals surface area contributed by atoms with Crippen molar-refractivity contribution in [2.75, 3.05) is 20.9 Å². The zero-order valence-electron chi connectivity index (χ0n) is 23.9. The molecule has 2 amide bonds. The minimum atomic E-state index is -0.754. The van der Waals surface area contributed by atoms with Gasteiger partial charge in [0.25, 0.3) is 0 Å². The number of carbonyl (C=O) groups is 4. The van der Waals surface area contributed by atoms with Crippen molar-refractivity contribution in [1.82, 2.24) is 9.80 Å². The van der Waals surface area contributed by atoms with Gasteiger partial charge < -0.3 is 23.8 Å². The summed E-state index contributed by atoms with van der Waals surface area (Å²) in [4.78, 5) is 52.1. The summed E-state index contributed by atoms with van der Waals surface area (Å²) < 4.78 is 20.9. The summed E-state index contributed by atoms with van der Waals surface area (Å²) >= 11 is 0. The van der Waals surface area contributed by atoms with Gasteiger partial charge in [-0.25, -0.2) is 19.2 Å². The van der Waals surface area contributed by atoms with Crippen molar-refractivity contribution in [3.8, 4) is 0 Å². The molecule has 0 aliphatic heterocycles.